The average Bonchev–Trinajstić information content (AvgIpc) is 2.88. The average molecular weight is 252 g/mol. The molecule has 0 aliphatic heterocycles. The molecule has 94 valence electrons. The van der Waals surface area contributed by atoms with Crippen LogP contribution >= 0.6 is 0 Å². The number of nitrogens with zero attached hydrogens (tertiary/aromatic N) is 2. The molecule has 2 aromatic rings. The lowest BCUT2D eigenvalue weighted by Gasteiger charge is -1.96. The third kappa shape index (κ3) is 3.07. The van der Waals surface area contributed by atoms with Crippen LogP contribution in [-0.4, -0.2) is 15.9 Å². The summed E-state index contributed by atoms with van der Waals surface area (Å²) in [7, 11) is 0. The molecule has 2 N–H and O–H groups in total. The van der Waals surface area contributed by atoms with Gasteiger partial charge in [-0.25, -0.2) is 0 Å². The van der Waals surface area contributed by atoms with E-state index in [4.69, 9.17) is 5.26 Å². The molecule has 0 fully saturated rings. The molecule has 2 rings (SSSR count). The van der Waals surface area contributed by atoms with Crippen LogP contribution in [0.4, 0.5) is 0 Å². The first-order valence-corrected chi connectivity index (χ1v) is 5.67. The van der Waals surface area contributed by atoms with Gasteiger partial charge in [0.25, 0.3) is 5.91 Å². The Hall–Kier alpha value is -2.87. The molecule has 5 heteroatoms. The summed E-state index contributed by atoms with van der Waals surface area (Å²) >= 11 is 0. The molecule has 0 aliphatic carbocycles. The second-order valence-electron chi connectivity index (χ2n) is 3.97. The largest absolute Gasteiger partial charge is 0.361 e. The Bertz CT molecular complexity index is 650. The van der Waals surface area contributed by atoms with Crippen LogP contribution in [0.3, 0.4) is 0 Å². The highest BCUT2D eigenvalue weighted by Gasteiger charge is 2.04. The summed E-state index contributed by atoms with van der Waals surface area (Å²) in [6.45, 7) is 1.65. The van der Waals surface area contributed by atoms with Crippen molar-refractivity contribution in [2.45, 2.75) is 6.92 Å². The molecule has 0 saturated heterocycles. The van der Waals surface area contributed by atoms with Gasteiger partial charge in [-0.3, -0.25) is 15.1 Å². The van der Waals surface area contributed by atoms with E-state index >= 15 is 0 Å². The number of hydrogen-bond donors (Lipinski definition) is 2. The van der Waals surface area contributed by atoms with Gasteiger partial charge in [-0.1, -0.05) is 0 Å². The minimum Gasteiger partial charge on any atom is -0.361 e. The van der Waals surface area contributed by atoms with Crippen LogP contribution < -0.4 is 5.32 Å². The predicted octanol–water partition coefficient (Wildman–Crippen LogP) is 2.08. The van der Waals surface area contributed by atoms with Gasteiger partial charge in [0.05, 0.1) is 0 Å². The molecule has 2 aromatic heterocycles. The summed E-state index contributed by atoms with van der Waals surface area (Å²) in [6.07, 6.45) is 8.61. The predicted molar refractivity (Wildman–Crippen MR) is 71.4 cm³/mol. The number of H-pyrrole nitrogens is 1. The van der Waals surface area contributed by atoms with E-state index in [-0.39, 0.29) is 0 Å². The van der Waals surface area contributed by atoms with Gasteiger partial charge in [0, 0.05) is 29.9 Å². The number of rotatable bonds is 3. The van der Waals surface area contributed by atoms with Crippen molar-refractivity contribution >= 4 is 12.0 Å². The van der Waals surface area contributed by atoms with Crippen molar-refractivity contribution in [3.63, 3.8) is 0 Å². The lowest BCUT2D eigenvalue weighted by molar-refractivity contribution is -0.116. The first-order valence-electron chi connectivity index (χ1n) is 5.67. The van der Waals surface area contributed by atoms with Crippen molar-refractivity contribution in [3.05, 3.63) is 48.1 Å². The van der Waals surface area contributed by atoms with E-state index in [9.17, 15) is 4.79 Å². The van der Waals surface area contributed by atoms with Gasteiger partial charge in [-0.2, -0.15) is 5.26 Å². The number of aromatic nitrogens is 2. The van der Waals surface area contributed by atoms with Gasteiger partial charge >= 0.3 is 0 Å². The summed E-state index contributed by atoms with van der Waals surface area (Å²) in [6, 6.07) is 5.75. The van der Waals surface area contributed by atoms with Gasteiger partial charge in [0.1, 0.15) is 0 Å². The van der Waals surface area contributed by atoms with Crippen LogP contribution in [0.1, 0.15) is 12.6 Å². The van der Waals surface area contributed by atoms with Crippen LogP contribution in [0.25, 0.3) is 17.2 Å². The molecule has 2 heterocycles. The van der Waals surface area contributed by atoms with Crippen LogP contribution in [0.2, 0.25) is 0 Å². The van der Waals surface area contributed by atoms with E-state index in [2.05, 4.69) is 15.3 Å². The van der Waals surface area contributed by atoms with Crippen molar-refractivity contribution in [1.82, 2.24) is 15.3 Å². The van der Waals surface area contributed by atoms with Crippen molar-refractivity contribution in [2.24, 2.45) is 0 Å². The number of nitrogens with one attached hydrogen (secondary N) is 2. The number of aromatic amines is 1. The van der Waals surface area contributed by atoms with E-state index in [1.807, 2.05) is 24.4 Å². The fourth-order valence-electron chi connectivity index (χ4n) is 1.65. The Kier molecular flexibility index (Phi) is 3.74. The SMILES string of the molecule is C/C(=C\c1cc(-c2ccncc2)c[nH]1)C(=O)NC#N. The summed E-state index contributed by atoms with van der Waals surface area (Å²) in [5, 5.41) is 10.5. The molecular formula is C14H12N4O. The number of nitriles is 1. The van der Waals surface area contributed by atoms with E-state index < -0.39 is 5.91 Å². The normalized spacial score (nSPS) is 10.8. The monoisotopic (exact) mass is 252 g/mol. The second-order valence-corrected chi connectivity index (χ2v) is 3.97. The maximum absolute atomic E-state index is 11.4. The van der Waals surface area contributed by atoms with E-state index in [0.29, 0.717) is 5.57 Å². The molecule has 5 nitrogen and oxygen atoms in total. The Morgan fingerprint density at radius 1 is 1.42 bits per heavy atom. The number of carbonyl (C=O) groups excluding carboxylic acids is 1. The van der Waals surface area contributed by atoms with Gasteiger partial charge in [0.15, 0.2) is 6.19 Å². The molecule has 19 heavy (non-hydrogen) atoms. The minimum atomic E-state index is -0.400. The molecule has 0 atom stereocenters. The lowest BCUT2D eigenvalue weighted by atomic mass is 10.1. The zero-order chi connectivity index (χ0) is 13.7. The van der Waals surface area contributed by atoms with Crippen molar-refractivity contribution in [2.75, 3.05) is 0 Å². The molecule has 0 radical (unpaired) electrons. The van der Waals surface area contributed by atoms with E-state index in [1.165, 1.54) is 0 Å². The zero-order valence-corrected chi connectivity index (χ0v) is 10.3. The topological polar surface area (TPSA) is 81.6 Å². The fraction of sp³-hybridized carbons (Fsp3) is 0.0714. The second kappa shape index (κ2) is 5.65. The van der Waals surface area contributed by atoms with Gasteiger partial charge in [-0.15, -0.1) is 0 Å². The maximum Gasteiger partial charge on any atom is 0.259 e. The highest BCUT2D eigenvalue weighted by atomic mass is 16.1. The standard InChI is InChI=1S/C14H12N4O/c1-10(14(19)18-9-15)6-13-7-12(8-17-13)11-2-4-16-5-3-11/h2-8,17H,1H3,(H,18,19)/b10-6+. The smallest absolute Gasteiger partial charge is 0.259 e. The Morgan fingerprint density at radius 2 is 2.16 bits per heavy atom. The maximum atomic E-state index is 11.4. The first kappa shape index (κ1) is 12.6. The van der Waals surface area contributed by atoms with Crippen molar-refractivity contribution in [1.29, 1.82) is 5.26 Å². The van der Waals surface area contributed by atoms with Crippen LogP contribution in [0.5, 0.6) is 0 Å². The van der Waals surface area contributed by atoms with Crippen molar-refractivity contribution < 1.29 is 4.79 Å². The van der Waals surface area contributed by atoms with Crippen LogP contribution in [-0.2, 0) is 4.79 Å². The Labute approximate surface area is 110 Å². The summed E-state index contributed by atoms with van der Waals surface area (Å²) in [5.74, 6) is -0.400. The van der Waals surface area contributed by atoms with Crippen LogP contribution in [0.15, 0.2) is 42.4 Å². The molecule has 0 spiro atoms. The number of carbonyl (C=O) groups is 1. The highest BCUT2D eigenvalue weighted by Crippen LogP contribution is 2.20. The summed E-state index contributed by atoms with van der Waals surface area (Å²) in [5.41, 5.74) is 3.33. The van der Waals surface area contributed by atoms with E-state index in [1.54, 1.807) is 31.6 Å². The third-order valence-electron chi connectivity index (χ3n) is 2.62. The molecule has 0 bridgehead atoms. The number of amides is 1. The zero-order valence-electron chi connectivity index (χ0n) is 10.3. The Balaban J connectivity index is 2.21. The molecule has 0 unspecified atom stereocenters. The van der Waals surface area contributed by atoms with Crippen molar-refractivity contribution in [3.8, 4) is 17.3 Å². The molecule has 0 saturated carbocycles. The number of hydrogen-bond acceptors (Lipinski definition) is 3. The van der Waals surface area contributed by atoms with E-state index in [0.717, 1.165) is 16.8 Å². The van der Waals surface area contributed by atoms with Crippen LogP contribution in [0, 0.1) is 11.5 Å². The molecule has 0 aliphatic rings. The molecule has 0 aromatic carbocycles. The third-order valence-corrected chi connectivity index (χ3v) is 2.62. The minimum absolute atomic E-state index is 0.400. The van der Waals surface area contributed by atoms with Gasteiger partial charge < -0.3 is 4.98 Å². The molecular weight excluding hydrogens is 240 g/mol. The fourth-order valence-corrected chi connectivity index (χ4v) is 1.65. The highest BCUT2D eigenvalue weighted by molar-refractivity contribution is 5.97. The number of pyridine rings is 1. The first-order chi connectivity index (χ1) is 9.20. The van der Waals surface area contributed by atoms with Gasteiger partial charge in [-0.05, 0) is 42.3 Å². The quantitative estimate of drug-likeness (QED) is 0.498. The summed E-state index contributed by atoms with van der Waals surface area (Å²) in [4.78, 5) is 18.4. The Morgan fingerprint density at radius 3 is 2.84 bits per heavy atom. The van der Waals surface area contributed by atoms with Gasteiger partial charge in [0.2, 0.25) is 0 Å². The molecule has 1 amide bonds. The lowest BCUT2D eigenvalue weighted by Crippen LogP contribution is -2.17. The summed E-state index contributed by atoms with van der Waals surface area (Å²) < 4.78 is 0.